The number of hydrogen-bond donors (Lipinski definition) is 2. The maximum absolute atomic E-state index is 11.7. The Balaban J connectivity index is -0.000000134. The van der Waals surface area contributed by atoms with Crippen LogP contribution in [0.1, 0.15) is 98.6 Å². The van der Waals surface area contributed by atoms with Crippen molar-refractivity contribution in [2.24, 2.45) is 5.73 Å². The van der Waals surface area contributed by atoms with Gasteiger partial charge in [0.25, 0.3) is 0 Å². The van der Waals surface area contributed by atoms with Gasteiger partial charge in [-0.15, -0.1) is 0 Å². The molecule has 10 heteroatoms. The van der Waals surface area contributed by atoms with Crippen LogP contribution in [0.5, 0.6) is 0 Å². The van der Waals surface area contributed by atoms with E-state index in [1.54, 1.807) is 62.4 Å². The molecule has 0 saturated carbocycles. The number of aliphatic hydroxyl groups excluding tert-OH is 1. The molecule has 0 aliphatic heterocycles. The summed E-state index contributed by atoms with van der Waals surface area (Å²) in [7, 11) is 0. The van der Waals surface area contributed by atoms with Crippen LogP contribution in [0.25, 0.3) is 0 Å². The van der Waals surface area contributed by atoms with Crippen LogP contribution in [0.2, 0.25) is 0 Å². The molecule has 0 saturated heterocycles. The van der Waals surface area contributed by atoms with Crippen molar-refractivity contribution in [3.63, 3.8) is 0 Å². The first-order valence-corrected chi connectivity index (χ1v) is 14.1. The summed E-state index contributed by atoms with van der Waals surface area (Å²) in [6.45, 7) is 12.7. The Hall–Kier alpha value is -3.37. The molecule has 8 nitrogen and oxygen atoms in total. The van der Waals surface area contributed by atoms with Gasteiger partial charge in [-0.05, 0) is 74.2 Å². The number of aliphatic hydroxyl groups is 1. The fourth-order valence-electron chi connectivity index (χ4n) is 3.65. The maximum Gasteiger partial charge on any atom is 1.00 e. The number of nitriles is 2. The standard InChI is InChI=1S/C13H15NO2.C11H11NO2.C11H17NO.3CH4.Al.Li.4H/c1-4-16-12(15)13(2,3)11-7-5-10(9-14)6-8-11;1-2-14-11(13)7-9-3-5-10(8-12)6-4-9;1-11(2,8-13)10-5-3-9(7-12)4-6-10;;;;;;;;;/h5-8H,4H2,1-3H3;3-6H,2,7H2,1H3;3-6,13H,7-8,12H2,1-2H3;3*1H4;;;;;;/q;;;;;;;+1;;;;-1. The minimum absolute atomic E-state index is 0. The second kappa shape index (κ2) is 27.6. The summed E-state index contributed by atoms with van der Waals surface area (Å²) in [4.78, 5) is 22.8. The van der Waals surface area contributed by atoms with Gasteiger partial charge in [-0.2, -0.15) is 10.5 Å². The van der Waals surface area contributed by atoms with E-state index in [1.807, 2.05) is 64.1 Å². The molecule has 0 unspecified atom stereocenters. The van der Waals surface area contributed by atoms with Crippen molar-refractivity contribution in [1.82, 2.24) is 0 Å². The van der Waals surface area contributed by atoms with Crippen LogP contribution in [-0.4, -0.2) is 54.2 Å². The van der Waals surface area contributed by atoms with E-state index < -0.39 is 5.41 Å². The Bertz CT molecular complexity index is 1390. The van der Waals surface area contributed by atoms with E-state index in [4.69, 9.17) is 30.8 Å². The van der Waals surface area contributed by atoms with Crippen molar-refractivity contribution < 1.29 is 44.5 Å². The number of hydrogen-bond acceptors (Lipinski definition) is 8. The molecular weight excluding hydrogens is 612 g/mol. The maximum atomic E-state index is 11.7. The fourth-order valence-corrected chi connectivity index (χ4v) is 3.65. The molecule has 3 aromatic rings. The van der Waals surface area contributed by atoms with Crippen LogP contribution in [0.4, 0.5) is 0 Å². The topological polar surface area (TPSA) is 146 Å². The number of carbonyl (C=O) groups excluding carboxylic acids is 2. The molecule has 0 heterocycles. The fraction of sp³-hybridized carbons (Fsp3) is 0.421. The van der Waals surface area contributed by atoms with Crippen molar-refractivity contribution in [3.8, 4) is 12.1 Å². The Labute approximate surface area is 314 Å². The van der Waals surface area contributed by atoms with Gasteiger partial charge in [-0.1, -0.05) is 84.7 Å². The summed E-state index contributed by atoms with van der Waals surface area (Å²) >= 11 is 0. The Morgan fingerprint density at radius 3 is 1.52 bits per heavy atom. The number of rotatable bonds is 9. The molecule has 0 aromatic heterocycles. The molecule has 0 aliphatic carbocycles. The van der Waals surface area contributed by atoms with Crippen molar-refractivity contribution >= 4 is 29.3 Å². The van der Waals surface area contributed by atoms with Crippen LogP contribution in [0.15, 0.2) is 72.8 Å². The summed E-state index contributed by atoms with van der Waals surface area (Å²) in [5, 5.41) is 26.4. The molecule has 0 fully saturated rings. The molecular formula is C38H59AlLiN3O5. The first-order valence-electron chi connectivity index (χ1n) is 14.1. The van der Waals surface area contributed by atoms with Crippen molar-refractivity contribution in [3.05, 3.63) is 106 Å². The van der Waals surface area contributed by atoms with E-state index in [2.05, 4.69) is 0 Å². The SMILES string of the molecule is C.C.C.CC(C)(CO)c1ccc(CN)cc1.CCOC(=O)C(C)(C)c1ccc(C#N)cc1.CCOC(=O)Cc1ccc(C#N)cc1.[AlH3].[H-].[Li+]. The largest absolute Gasteiger partial charge is 1.00 e. The van der Waals surface area contributed by atoms with Crippen LogP contribution >= 0.6 is 0 Å². The Morgan fingerprint density at radius 2 is 1.15 bits per heavy atom. The average molecular weight is 672 g/mol. The van der Waals surface area contributed by atoms with Crippen molar-refractivity contribution in [1.29, 1.82) is 10.5 Å². The third-order valence-corrected chi connectivity index (χ3v) is 6.62. The number of nitrogens with two attached hydrogens (primary N) is 1. The van der Waals surface area contributed by atoms with Gasteiger partial charge in [0.1, 0.15) is 0 Å². The van der Waals surface area contributed by atoms with Gasteiger partial charge in [0, 0.05) is 12.0 Å². The molecule has 3 N–H and O–H groups in total. The van der Waals surface area contributed by atoms with E-state index in [-0.39, 0.29) is 90.3 Å². The molecule has 0 atom stereocenters. The number of esters is 2. The summed E-state index contributed by atoms with van der Waals surface area (Å²) in [5.74, 6) is -0.489. The van der Waals surface area contributed by atoms with Crippen molar-refractivity contribution in [2.75, 3.05) is 19.8 Å². The second-order valence-electron chi connectivity index (χ2n) is 10.8. The molecule has 3 rings (SSSR count). The predicted molar refractivity (Wildman–Crippen MR) is 198 cm³/mol. The number of benzene rings is 3. The molecule has 0 radical (unpaired) electrons. The zero-order chi connectivity index (χ0) is 32.5. The number of ether oxygens (including phenoxy) is 2. The van der Waals surface area contributed by atoms with Crippen LogP contribution in [0, 0.1) is 22.7 Å². The van der Waals surface area contributed by atoms with Gasteiger partial charge in [-0.3, -0.25) is 9.59 Å². The second-order valence-corrected chi connectivity index (χ2v) is 10.8. The molecule has 0 amide bonds. The number of nitrogens with zero attached hydrogens (tertiary/aromatic N) is 2. The Kier molecular flexibility index (Phi) is 31.1. The van der Waals surface area contributed by atoms with Gasteiger partial charge < -0.3 is 21.7 Å². The van der Waals surface area contributed by atoms with Gasteiger partial charge in [0.15, 0.2) is 17.4 Å². The zero-order valence-electron chi connectivity index (χ0n) is 28.0. The molecule has 0 aliphatic rings. The van der Waals surface area contributed by atoms with Gasteiger partial charge in [-0.25, -0.2) is 0 Å². The van der Waals surface area contributed by atoms with Gasteiger partial charge >= 0.3 is 30.8 Å². The third-order valence-electron chi connectivity index (χ3n) is 6.62. The third kappa shape index (κ3) is 18.2. The van der Waals surface area contributed by atoms with E-state index >= 15 is 0 Å². The van der Waals surface area contributed by atoms with Gasteiger partial charge in [0.2, 0.25) is 0 Å². The summed E-state index contributed by atoms with van der Waals surface area (Å²) in [5.41, 5.74) is 9.82. The normalized spacial score (nSPS) is 9.38. The zero-order valence-corrected chi connectivity index (χ0v) is 27.0. The predicted octanol–water partition coefficient (Wildman–Crippen LogP) is 3.32. The minimum Gasteiger partial charge on any atom is -1.00 e. The van der Waals surface area contributed by atoms with Gasteiger partial charge in [0.05, 0.1) is 54.9 Å². The van der Waals surface area contributed by atoms with Crippen LogP contribution < -0.4 is 24.6 Å². The number of carbonyl (C=O) groups is 2. The molecule has 260 valence electrons. The molecule has 48 heavy (non-hydrogen) atoms. The molecule has 0 bridgehead atoms. The van der Waals surface area contributed by atoms with Crippen molar-refractivity contribution in [2.45, 2.75) is 87.6 Å². The molecule has 3 aromatic carbocycles. The quantitative estimate of drug-likeness (QED) is 0.260. The van der Waals surface area contributed by atoms with Crippen LogP contribution in [0.3, 0.4) is 0 Å². The minimum atomic E-state index is -0.677. The summed E-state index contributed by atoms with van der Waals surface area (Å²) in [6.07, 6.45) is 0.263. The smallest absolute Gasteiger partial charge is 1.00 e. The van der Waals surface area contributed by atoms with E-state index in [1.165, 1.54) is 0 Å². The Morgan fingerprint density at radius 1 is 0.750 bits per heavy atom. The first-order chi connectivity index (χ1) is 20.4. The van der Waals surface area contributed by atoms with E-state index in [0.717, 1.165) is 22.3 Å². The van der Waals surface area contributed by atoms with E-state index in [9.17, 15) is 9.59 Å². The van der Waals surface area contributed by atoms with E-state index in [0.29, 0.717) is 30.9 Å². The summed E-state index contributed by atoms with van der Waals surface area (Å²) in [6, 6.07) is 26.0. The monoisotopic (exact) mass is 671 g/mol. The molecule has 0 spiro atoms. The summed E-state index contributed by atoms with van der Waals surface area (Å²) < 4.78 is 9.81. The van der Waals surface area contributed by atoms with Crippen LogP contribution in [-0.2, 0) is 42.9 Å². The average Bonchev–Trinajstić information content (AvgIpc) is 3.02. The first kappa shape index (κ1) is 54.1.